The fourth-order valence-electron chi connectivity index (χ4n) is 7.07. The fourth-order valence-corrected chi connectivity index (χ4v) is 7.07. The van der Waals surface area contributed by atoms with Crippen LogP contribution >= 0.6 is 0 Å². The van der Waals surface area contributed by atoms with Gasteiger partial charge in [-0.2, -0.15) is 10.2 Å². The Bertz CT molecular complexity index is 2220. The van der Waals surface area contributed by atoms with Crippen LogP contribution in [0.1, 0.15) is 41.9 Å². The first-order valence-corrected chi connectivity index (χ1v) is 16.6. The number of piperidine rings is 1. The molecule has 49 heavy (non-hydrogen) atoms. The Morgan fingerprint density at radius 1 is 0.918 bits per heavy atom. The van der Waals surface area contributed by atoms with Crippen LogP contribution in [0.2, 0.25) is 0 Å². The summed E-state index contributed by atoms with van der Waals surface area (Å²) >= 11 is 0. The molecule has 3 aromatic heterocycles. The van der Waals surface area contributed by atoms with Crippen molar-refractivity contribution in [2.24, 2.45) is 12.8 Å². The molecule has 2 aliphatic heterocycles. The molecule has 0 unspecified atom stereocenters. The molecule has 6 aromatic rings. The highest BCUT2D eigenvalue weighted by molar-refractivity contribution is 6.08. The van der Waals surface area contributed by atoms with E-state index < -0.39 is 6.03 Å². The van der Waals surface area contributed by atoms with Crippen molar-refractivity contribution in [2.45, 2.75) is 38.3 Å². The standard InChI is InChI=1S/C37H36FN9O2/c1-44-33-19-26(8-9-29(33)36(43-44)46-17-13-35(48)41-37(46)49)24-11-15-45(16-12-24)22-23-2-4-25(5-3-23)31-20-34-40-14-10-32(47(34)42-31)27-6-7-28(21-39)30(38)18-27/h2-10,14,18-20,24H,11-13,15-17,21-22,39H2,1H3,(H,41,48,49). The van der Waals surface area contributed by atoms with E-state index in [0.717, 1.165) is 60.3 Å². The van der Waals surface area contributed by atoms with Crippen molar-refractivity contribution in [3.8, 4) is 22.5 Å². The third kappa shape index (κ3) is 5.83. The molecule has 0 bridgehead atoms. The van der Waals surface area contributed by atoms with Crippen LogP contribution in [0.5, 0.6) is 0 Å². The summed E-state index contributed by atoms with van der Waals surface area (Å²) in [5.74, 6) is 0.446. The quantitative estimate of drug-likeness (QED) is 0.236. The lowest BCUT2D eigenvalue weighted by Gasteiger charge is -2.32. The molecule has 0 spiro atoms. The van der Waals surface area contributed by atoms with Gasteiger partial charge in [0.15, 0.2) is 11.5 Å². The van der Waals surface area contributed by atoms with Gasteiger partial charge in [-0.25, -0.2) is 18.7 Å². The number of nitrogens with zero attached hydrogens (tertiary/aromatic N) is 7. The Balaban J connectivity index is 0.921. The van der Waals surface area contributed by atoms with E-state index in [1.54, 1.807) is 21.7 Å². The third-order valence-corrected chi connectivity index (χ3v) is 9.81. The van der Waals surface area contributed by atoms with Crippen molar-refractivity contribution in [3.05, 3.63) is 102 Å². The minimum Gasteiger partial charge on any atom is -0.326 e. The molecule has 12 heteroatoms. The number of halogens is 1. The molecular weight excluding hydrogens is 621 g/mol. The number of likely N-dealkylation sites (tertiary alicyclic amines) is 1. The molecule has 2 aliphatic rings. The van der Waals surface area contributed by atoms with Crippen molar-refractivity contribution >= 4 is 34.3 Å². The predicted molar refractivity (Wildman–Crippen MR) is 185 cm³/mol. The van der Waals surface area contributed by atoms with Crippen LogP contribution in [0.25, 0.3) is 39.1 Å². The maximum absolute atomic E-state index is 14.5. The van der Waals surface area contributed by atoms with Crippen LogP contribution in [0.3, 0.4) is 0 Å². The molecule has 3 aromatic carbocycles. The number of fused-ring (bicyclic) bond motifs is 2. The summed E-state index contributed by atoms with van der Waals surface area (Å²) in [6.07, 6.45) is 4.09. The molecule has 8 rings (SSSR count). The number of carbonyl (C=O) groups is 2. The van der Waals surface area contributed by atoms with E-state index in [1.165, 1.54) is 17.2 Å². The lowest BCUT2D eigenvalue weighted by atomic mass is 9.88. The monoisotopic (exact) mass is 657 g/mol. The van der Waals surface area contributed by atoms with E-state index in [2.05, 4.69) is 62.8 Å². The first kappa shape index (κ1) is 30.8. The van der Waals surface area contributed by atoms with Crippen molar-refractivity contribution in [1.29, 1.82) is 0 Å². The van der Waals surface area contributed by atoms with Gasteiger partial charge in [0.2, 0.25) is 5.91 Å². The molecule has 0 radical (unpaired) electrons. The zero-order valence-corrected chi connectivity index (χ0v) is 27.1. The smallest absolute Gasteiger partial charge is 0.326 e. The Labute approximate surface area is 282 Å². The second-order valence-electron chi connectivity index (χ2n) is 12.9. The molecule has 3 amide bonds. The highest BCUT2D eigenvalue weighted by atomic mass is 19.1. The average Bonchev–Trinajstić information content (AvgIpc) is 3.70. The second kappa shape index (κ2) is 12.5. The molecule has 2 fully saturated rings. The number of imide groups is 1. The van der Waals surface area contributed by atoms with Crippen LogP contribution < -0.4 is 16.0 Å². The van der Waals surface area contributed by atoms with Gasteiger partial charge in [-0.1, -0.05) is 42.5 Å². The van der Waals surface area contributed by atoms with Gasteiger partial charge >= 0.3 is 6.03 Å². The number of nitrogens with one attached hydrogen (secondary N) is 1. The van der Waals surface area contributed by atoms with Gasteiger partial charge < -0.3 is 5.73 Å². The van der Waals surface area contributed by atoms with Crippen molar-refractivity contribution in [2.75, 3.05) is 24.5 Å². The number of hydrogen-bond donors (Lipinski definition) is 2. The molecule has 3 N–H and O–H groups in total. The number of hydrogen-bond acceptors (Lipinski definition) is 7. The predicted octanol–water partition coefficient (Wildman–Crippen LogP) is 5.37. The van der Waals surface area contributed by atoms with Gasteiger partial charge in [0.05, 0.1) is 16.9 Å². The van der Waals surface area contributed by atoms with E-state index in [4.69, 9.17) is 10.8 Å². The zero-order valence-electron chi connectivity index (χ0n) is 27.1. The Hall–Kier alpha value is -5.46. The molecule has 248 valence electrons. The van der Waals surface area contributed by atoms with E-state index in [9.17, 15) is 14.0 Å². The Kier molecular flexibility index (Phi) is 7.89. The van der Waals surface area contributed by atoms with Crippen LogP contribution in [-0.2, 0) is 24.9 Å². The van der Waals surface area contributed by atoms with Gasteiger partial charge in [-0.15, -0.1) is 0 Å². The number of carbonyl (C=O) groups excluding carboxylic acids is 2. The van der Waals surface area contributed by atoms with Crippen LogP contribution in [-0.4, -0.2) is 60.9 Å². The SMILES string of the molecule is Cn1nc(N2CCC(=O)NC2=O)c2ccc(C3CCN(Cc4ccc(-c5cc6nccc(-c7ccc(CN)c(F)c7)n6n5)cc4)CC3)cc21. The lowest BCUT2D eigenvalue weighted by molar-refractivity contribution is -0.120. The first-order chi connectivity index (χ1) is 23.8. The minimum absolute atomic E-state index is 0.151. The summed E-state index contributed by atoms with van der Waals surface area (Å²) in [5, 5.41) is 12.8. The molecular formula is C37H36FN9O2. The van der Waals surface area contributed by atoms with Crippen molar-refractivity contribution in [3.63, 3.8) is 0 Å². The highest BCUT2D eigenvalue weighted by Crippen LogP contribution is 2.34. The number of nitrogens with two attached hydrogens (primary N) is 1. The van der Waals surface area contributed by atoms with Gasteiger partial charge in [-0.05, 0) is 67.2 Å². The van der Waals surface area contributed by atoms with Gasteiger partial charge in [0.1, 0.15) is 5.82 Å². The highest BCUT2D eigenvalue weighted by Gasteiger charge is 2.29. The average molecular weight is 658 g/mol. The maximum atomic E-state index is 14.5. The minimum atomic E-state index is -0.423. The van der Waals surface area contributed by atoms with E-state index in [-0.39, 0.29) is 24.7 Å². The largest absolute Gasteiger partial charge is 0.329 e. The topological polar surface area (TPSA) is 127 Å². The summed E-state index contributed by atoms with van der Waals surface area (Å²) in [4.78, 5) is 32.6. The maximum Gasteiger partial charge on any atom is 0.329 e. The molecule has 5 heterocycles. The number of benzene rings is 3. The number of aromatic nitrogens is 5. The molecule has 2 saturated heterocycles. The summed E-state index contributed by atoms with van der Waals surface area (Å²) in [6, 6.07) is 23.4. The Morgan fingerprint density at radius 3 is 2.47 bits per heavy atom. The Morgan fingerprint density at radius 2 is 1.71 bits per heavy atom. The van der Waals surface area contributed by atoms with Gasteiger partial charge in [0.25, 0.3) is 0 Å². The van der Waals surface area contributed by atoms with E-state index in [0.29, 0.717) is 35.1 Å². The first-order valence-electron chi connectivity index (χ1n) is 16.6. The molecule has 0 saturated carbocycles. The zero-order chi connectivity index (χ0) is 33.6. The van der Waals surface area contributed by atoms with Crippen molar-refractivity contribution in [1.82, 2.24) is 34.6 Å². The molecule has 0 aliphatic carbocycles. The number of rotatable bonds is 7. The number of anilines is 1. The summed E-state index contributed by atoms with van der Waals surface area (Å²) in [5.41, 5.74) is 13.6. The summed E-state index contributed by atoms with van der Waals surface area (Å²) in [6.45, 7) is 3.34. The molecule has 0 atom stereocenters. The fraction of sp³-hybridized carbons (Fsp3) is 0.270. The number of urea groups is 1. The summed E-state index contributed by atoms with van der Waals surface area (Å²) in [7, 11) is 1.89. The van der Waals surface area contributed by atoms with Crippen LogP contribution in [0.15, 0.2) is 79.0 Å². The third-order valence-electron chi connectivity index (χ3n) is 9.81. The molecule has 11 nitrogen and oxygen atoms in total. The van der Waals surface area contributed by atoms with Crippen LogP contribution in [0, 0.1) is 5.82 Å². The summed E-state index contributed by atoms with van der Waals surface area (Å²) < 4.78 is 18.1. The number of aryl methyl sites for hydroxylation is 1. The van der Waals surface area contributed by atoms with E-state index in [1.807, 2.05) is 29.9 Å². The number of amides is 3. The van der Waals surface area contributed by atoms with E-state index >= 15 is 0 Å². The second-order valence-corrected chi connectivity index (χ2v) is 12.9. The lowest BCUT2D eigenvalue weighted by Crippen LogP contribution is -2.49. The van der Waals surface area contributed by atoms with Crippen LogP contribution in [0.4, 0.5) is 15.0 Å². The van der Waals surface area contributed by atoms with Gasteiger partial charge in [0, 0.05) is 67.4 Å². The normalized spacial score (nSPS) is 16.2. The van der Waals surface area contributed by atoms with Crippen molar-refractivity contribution < 1.29 is 14.0 Å². The van der Waals surface area contributed by atoms with Gasteiger partial charge in [-0.3, -0.25) is 24.6 Å².